The first-order valence-electron chi connectivity index (χ1n) is 6.25. The van der Waals surface area contributed by atoms with Crippen molar-refractivity contribution in [2.45, 2.75) is 32.5 Å². The lowest BCUT2D eigenvalue weighted by molar-refractivity contribution is -0.137. The number of hydrogen-bond acceptors (Lipinski definition) is 1. The zero-order valence-electron chi connectivity index (χ0n) is 11.0. The normalized spacial score (nSPS) is 12.6. The van der Waals surface area contributed by atoms with E-state index in [1.54, 1.807) is 6.07 Å². The average Bonchev–Trinajstić information content (AvgIpc) is 2.67. The van der Waals surface area contributed by atoms with E-state index < -0.39 is 11.7 Å². The van der Waals surface area contributed by atoms with Crippen LogP contribution in [0.15, 0.2) is 24.4 Å². The summed E-state index contributed by atoms with van der Waals surface area (Å²) >= 11 is 0. The predicted molar refractivity (Wildman–Crippen MR) is 70.1 cm³/mol. The van der Waals surface area contributed by atoms with Gasteiger partial charge in [-0.2, -0.15) is 13.2 Å². The van der Waals surface area contributed by atoms with Crippen LogP contribution in [0.4, 0.5) is 13.2 Å². The minimum absolute atomic E-state index is 0.109. The molecule has 0 aliphatic rings. The molecule has 2 nitrogen and oxygen atoms in total. The average molecular weight is 270 g/mol. The van der Waals surface area contributed by atoms with Crippen molar-refractivity contribution in [1.82, 2.24) is 4.57 Å². The second-order valence-corrected chi connectivity index (χ2v) is 4.92. The van der Waals surface area contributed by atoms with E-state index in [9.17, 15) is 13.2 Å². The predicted octanol–water partition coefficient (Wildman–Crippen LogP) is 3.74. The smallest absolute Gasteiger partial charge is 0.345 e. The van der Waals surface area contributed by atoms with Gasteiger partial charge in [0.2, 0.25) is 0 Å². The second-order valence-electron chi connectivity index (χ2n) is 4.92. The van der Waals surface area contributed by atoms with Gasteiger partial charge in [-0.3, -0.25) is 0 Å². The highest BCUT2D eigenvalue weighted by Gasteiger charge is 2.31. The van der Waals surface area contributed by atoms with Crippen LogP contribution < -0.4 is 5.73 Å². The van der Waals surface area contributed by atoms with E-state index in [-0.39, 0.29) is 6.04 Å². The van der Waals surface area contributed by atoms with Crippen LogP contribution in [0.25, 0.3) is 10.9 Å². The number of rotatable bonds is 3. The number of alkyl halides is 3. The summed E-state index contributed by atoms with van der Waals surface area (Å²) in [4.78, 5) is 0. The molecule has 0 aliphatic heterocycles. The quantitative estimate of drug-likeness (QED) is 0.905. The van der Waals surface area contributed by atoms with Crippen molar-refractivity contribution < 1.29 is 13.2 Å². The molecule has 1 aromatic carbocycles. The molecule has 0 saturated carbocycles. The van der Waals surface area contributed by atoms with Crippen LogP contribution in [0.1, 0.15) is 31.0 Å². The molecule has 104 valence electrons. The molecule has 0 bridgehead atoms. The lowest BCUT2D eigenvalue weighted by Crippen LogP contribution is -2.05. The molecular weight excluding hydrogens is 253 g/mol. The molecular formula is C14H17F3N2. The Bertz CT molecular complexity index is 582. The van der Waals surface area contributed by atoms with Crippen molar-refractivity contribution in [2.75, 3.05) is 6.54 Å². The van der Waals surface area contributed by atoms with Crippen LogP contribution in [0.2, 0.25) is 0 Å². The summed E-state index contributed by atoms with van der Waals surface area (Å²) in [5, 5.41) is 0.854. The third kappa shape index (κ3) is 2.61. The number of nitrogens with two attached hydrogens (primary N) is 1. The number of hydrogen-bond donors (Lipinski definition) is 1. The Kier molecular flexibility index (Phi) is 3.58. The van der Waals surface area contributed by atoms with E-state index in [2.05, 4.69) is 0 Å². The molecule has 5 heteroatoms. The third-order valence-corrected chi connectivity index (χ3v) is 3.21. The van der Waals surface area contributed by atoms with Gasteiger partial charge in [0.1, 0.15) is 0 Å². The number of fused-ring (bicyclic) bond motifs is 1. The van der Waals surface area contributed by atoms with E-state index in [1.807, 2.05) is 24.6 Å². The number of aromatic nitrogens is 1. The topological polar surface area (TPSA) is 30.9 Å². The van der Waals surface area contributed by atoms with Crippen molar-refractivity contribution in [3.8, 4) is 0 Å². The standard InChI is InChI=1S/C14H17F3N2/c1-9(2)19-8-10(5-6-18)12-4-3-11(7-13(12)19)14(15,16)17/h3-4,7-9H,5-6,18H2,1-2H3. The molecule has 2 N–H and O–H groups in total. The van der Waals surface area contributed by atoms with Gasteiger partial charge in [-0.15, -0.1) is 0 Å². The zero-order valence-corrected chi connectivity index (χ0v) is 11.0. The Morgan fingerprint density at radius 3 is 2.47 bits per heavy atom. The fourth-order valence-corrected chi connectivity index (χ4v) is 2.28. The van der Waals surface area contributed by atoms with Crippen LogP contribution in [-0.4, -0.2) is 11.1 Å². The highest BCUT2D eigenvalue weighted by molar-refractivity contribution is 5.85. The molecule has 2 aromatic rings. The first kappa shape index (κ1) is 13.9. The van der Waals surface area contributed by atoms with Crippen LogP contribution in [-0.2, 0) is 12.6 Å². The van der Waals surface area contributed by atoms with Gasteiger partial charge in [0.25, 0.3) is 0 Å². The Balaban J connectivity index is 2.66. The van der Waals surface area contributed by atoms with E-state index in [1.165, 1.54) is 6.07 Å². The highest BCUT2D eigenvalue weighted by atomic mass is 19.4. The molecule has 1 aromatic heterocycles. The summed E-state index contributed by atoms with van der Waals surface area (Å²) in [6.45, 7) is 4.39. The van der Waals surface area contributed by atoms with Gasteiger partial charge in [-0.25, -0.2) is 0 Å². The number of halogens is 3. The summed E-state index contributed by atoms with van der Waals surface area (Å²) in [5.74, 6) is 0. The first-order valence-corrected chi connectivity index (χ1v) is 6.25. The van der Waals surface area contributed by atoms with Crippen molar-refractivity contribution in [2.24, 2.45) is 5.73 Å². The maximum atomic E-state index is 12.8. The van der Waals surface area contributed by atoms with E-state index in [0.717, 1.165) is 17.0 Å². The Labute approximate surface area is 110 Å². The maximum absolute atomic E-state index is 12.8. The summed E-state index contributed by atoms with van der Waals surface area (Å²) in [7, 11) is 0. The first-order chi connectivity index (χ1) is 8.84. The Morgan fingerprint density at radius 1 is 1.26 bits per heavy atom. The third-order valence-electron chi connectivity index (χ3n) is 3.21. The fourth-order valence-electron chi connectivity index (χ4n) is 2.28. The summed E-state index contributed by atoms with van der Waals surface area (Å²) in [6, 6.07) is 4.00. The second kappa shape index (κ2) is 4.89. The molecule has 2 rings (SSSR count). The zero-order chi connectivity index (χ0) is 14.2. The van der Waals surface area contributed by atoms with Gasteiger partial charge in [0.15, 0.2) is 0 Å². The number of benzene rings is 1. The van der Waals surface area contributed by atoms with Crippen LogP contribution in [0, 0.1) is 0 Å². The Morgan fingerprint density at radius 2 is 1.95 bits per heavy atom. The van der Waals surface area contributed by atoms with E-state index in [4.69, 9.17) is 5.73 Å². The molecule has 0 aliphatic carbocycles. The van der Waals surface area contributed by atoms with Crippen molar-refractivity contribution in [1.29, 1.82) is 0 Å². The summed E-state index contributed by atoms with van der Waals surface area (Å²) < 4.78 is 40.2. The maximum Gasteiger partial charge on any atom is 0.416 e. The monoisotopic (exact) mass is 270 g/mol. The fraction of sp³-hybridized carbons (Fsp3) is 0.429. The molecule has 0 saturated heterocycles. The number of nitrogens with zero attached hydrogens (tertiary/aromatic N) is 1. The van der Waals surface area contributed by atoms with Gasteiger partial charge < -0.3 is 10.3 Å². The van der Waals surface area contributed by atoms with Crippen LogP contribution in [0.5, 0.6) is 0 Å². The van der Waals surface area contributed by atoms with Gasteiger partial charge in [0, 0.05) is 23.1 Å². The molecule has 0 amide bonds. The summed E-state index contributed by atoms with van der Waals surface area (Å²) in [6.07, 6.45) is -1.74. The molecule has 0 radical (unpaired) electrons. The van der Waals surface area contributed by atoms with Crippen LogP contribution >= 0.6 is 0 Å². The minimum Gasteiger partial charge on any atom is -0.345 e. The van der Waals surface area contributed by atoms with E-state index in [0.29, 0.717) is 18.5 Å². The van der Waals surface area contributed by atoms with Crippen molar-refractivity contribution in [3.63, 3.8) is 0 Å². The summed E-state index contributed by atoms with van der Waals surface area (Å²) in [5.41, 5.74) is 6.55. The molecule has 19 heavy (non-hydrogen) atoms. The lowest BCUT2D eigenvalue weighted by atomic mass is 10.1. The molecule has 0 spiro atoms. The van der Waals surface area contributed by atoms with Gasteiger partial charge in [-0.1, -0.05) is 6.07 Å². The molecule has 0 atom stereocenters. The van der Waals surface area contributed by atoms with Gasteiger partial charge in [0.05, 0.1) is 5.56 Å². The van der Waals surface area contributed by atoms with Gasteiger partial charge >= 0.3 is 6.18 Å². The largest absolute Gasteiger partial charge is 0.416 e. The molecule has 0 fully saturated rings. The van der Waals surface area contributed by atoms with Crippen LogP contribution in [0.3, 0.4) is 0 Å². The SMILES string of the molecule is CC(C)n1cc(CCN)c2ccc(C(F)(F)F)cc21. The van der Waals surface area contributed by atoms with Crippen molar-refractivity contribution >= 4 is 10.9 Å². The van der Waals surface area contributed by atoms with Gasteiger partial charge in [-0.05, 0) is 44.5 Å². The van der Waals surface area contributed by atoms with Crippen molar-refractivity contribution in [3.05, 3.63) is 35.5 Å². The van der Waals surface area contributed by atoms with E-state index >= 15 is 0 Å². The minimum atomic E-state index is -4.31. The highest BCUT2D eigenvalue weighted by Crippen LogP contribution is 2.33. The molecule has 1 heterocycles. The molecule has 0 unspecified atom stereocenters. The Hall–Kier alpha value is -1.49. The lowest BCUT2D eigenvalue weighted by Gasteiger charge is -2.11.